The molecule has 3 aromatic carbocycles. The number of hydrogen-bond donors (Lipinski definition) is 1. The molecule has 1 N–H and O–H groups in total. The number of rotatable bonds is 12. The molecule has 3 rings (SSSR count). The van der Waals surface area contributed by atoms with Gasteiger partial charge in [-0.25, -0.2) is 0 Å². The number of hydrogen-bond acceptors (Lipinski definition) is 4. The normalized spacial score (nSPS) is 11.5. The summed E-state index contributed by atoms with van der Waals surface area (Å²) < 4.78 is 0. The molecule has 7 heteroatoms. The zero-order valence-corrected chi connectivity index (χ0v) is 20.9. The van der Waals surface area contributed by atoms with Crippen LogP contribution in [-0.2, 0) is 29.0 Å². The summed E-state index contributed by atoms with van der Waals surface area (Å²) in [5.74, 6) is -0.562. The largest absolute Gasteiger partial charge is 0.354 e. The second-order valence-corrected chi connectivity index (χ2v) is 8.92. The van der Waals surface area contributed by atoms with Gasteiger partial charge in [-0.15, -0.1) is 0 Å². The van der Waals surface area contributed by atoms with E-state index in [4.69, 9.17) is 0 Å². The average molecular weight is 488 g/mol. The molecule has 0 unspecified atom stereocenters. The molecule has 0 fully saturated rings. The number of amides is 2. The van der Waals surface area contributed by atoms with E-state index in [1.807, 2.05) is 68.4 Å². The lowest BCUT2D eigenvalue weighted by Crippen LogP contribution is -2.51. The van der Waals surface area contributed by atoms with Crippen molar-refractivity contribution in [3.63, 3.8) is 0 Å². The molecule has 0 saturated heterocycles. The number of aryl methyl sites for hydroxylation is 1. The maximum atomic E-state index is 13.8. The second kappa shape index (κ2) is 13.2. The molecular weight excluding hydrogens is 454 g/mol. The third-order valence-corrected chi connectivity index (χ3v) is 6.07. The summed E-state index contributed by atoms with van der Waals surface area (Å²) in [5, 5.41) is 14.5. The predicted octanol–water partition coefficient (Wildman–Crippen LogP) is 5.00. The number of nitrogens with one attached hydrogen (secondary N) is 1. The maximum Gasteiger partial charge on any atom is 0.273 e. The van der Waals surface area contributed by atoms with Crippen LogP contribution in [0.1, 0.15) is 42.0 Å². The number of nitro benzene ring substituents is 1. The number of carbonyl (C=O) groups is 2. The van der Waals surface area contributed by atoms with Gasteiger partial charge in [-0.3, -0.25) is 19.7 Å². The molecule has 1 atom stereocenters. The third kappa shape index (κ3) is 7.50. The van der Waals surface area contributed by atoms with Crippen LogP contribution in [0, 0.1) is 17.0 Å². The summed E-state index contributed by atoms with van der Waals surface area (Å²) in [7, 11) is 0. The van der Waals surface area contributed by atoms with Crippen molar-refractivity contribution < 1.29 is 14.5 Å². The summed E-state index contributed by atoms with van der Waals surface area (Å²) in [4.78, 5) is 39.8. The Labute approximate surface area is 212 Å². The van der Waals surface area contributed by atoms with Gasteiger partial charge >= 0.3 is 0 Å². The topological polar surface area (TPSA) is 92.6 Å². The lowest BCUT2D eigenvalue weighted by atomic mass is 10.0. The van der Waals surface area contributed by atoms with Crippen LogP contribution >= 0.6 is 0 Å². The molecular formula is C29H33N3O4. The molecule has 2 amide bonds. The molecule has 188 valence electrons. The van der Waals surface area contributed by atoms with Gasteiger partial charge in [0, 0.05) is 31.1 Å². The van der Waals surface area contributed by atoms with Gasteiger partial charge in [0.2, 0.25) is 11.8 Å². The van der Waals surface area contributed by atoms with Crippen molar-refractivity contribution in [2.45, 2.75) is 52.1 Å². The first-order valence-electron chi connectivity index (χ1n) is 12.3. The smallest absolute Gasteiger partial charge is 0.273 e. The molecule has 0 aromatic heterocycles. The summed E-state index contributed by atoms with van der Waals surface area (Å²) in [6, 6.07) is 22.9. The van der Waals surface area contributed by atoms with Crippen LogP contribution in [0.25, 0.3) is 0 Å². The summed E-state index contributed by atoms with van der Waals surface area (Å²) in [6.07, 6.45) is 1.95. The third-order valence-electron chi connectivity index (χ3n) is 6.07. The quantitative estimate of drug-likeness (QED) is 0.221. The SMILES string of the molecule is CCCCNC(=O)[C@@H](Cc1ccccc1)N(Cc1cccc(C)c1)C(=O)Cc1ccccc1[N+](=O)[O-]. The van der Waals surface area contributed by atoms with Gasteiger partial charge in [0.25, 0.3) is 5.69 Å². The molecule has 0 radical (unpaired) electrons. The first-order valence-corrected chi connectivity index (χ1v) is 12.3. The highest BCUT2D eigenvalue weighted by Gasteiger charge is 2.31. The van der Waals surface area contributed by atoms with E-state index in [1.165, 1.54) is 6.07 Å². The minimum Gasteiger partial charge on any atom is -0.354 e. The Hall–Kier alpha value is -4.00. The Morgan fingerprint density at radius 3 is 2.36 bits per heavy atom. The molecule has 3 aromatic rings. The van der Waals surface area contributed by atoms with Gasteiger partial charge in [0.15, 0.2) is 0 Å². The fraction of sp³-hybridized carbons (Fsp3) is 0.310. The van der Waals surface area contributed by atoms with E-state index in [0.717, 1.165) is 29.5 Å². The van der Waals surface area contributed by atoms with Gasteiger partial charge in [0.05, 0.1) is 11.3 Å². The summed E-state index contributed by atoms with van der Waals surface area (Å²) in [6.45, 7) is 4.77. The average Bonchev–Trinajstić information content (AvgIpc) is 2.87. The molecule has 36 heavy (non-hydrogen) atoms. The van der Waals surface area contributed by atoms with Crippen LogP contribution < -0.4 is 5.32 Å². The Balaban J connectivity index is 1.99. The van der Waals surface area contributed by atoms with E-state index >= 15 is 0 Å². The van der Waals surface area contributed by atoms with Crippen LogP contribution in [-0.4, -0.2) is 34.2 Å². The van der Waals surface area contributed by atoms with E-state index in [0.29, 0.717) is 18.5 Å². The lowest BCUT2D eigenvalue weighted by Gasteiger charge is -2.32. The van der Waals surface area contributed by atoms with Gasteiger partial charge in [-0.2, -0.15) is 0 Å². The van der Waals surface area contributed by atoms with Gasteiger partial charge in [-0.1, -0.05) is 91.7 Å². The highest BCUT2D eigenvalue weighted by molar-refractivity contribution is 5.89. The van der Waals surface area contributed by atoms with Crippen molar-refractivity contribution in [3.05, 3.63) is 111 Å². The fourth-order valence-corrected chi connectivity index (χ4v) is 4.17. The van der Waals surface area contributed by atoms with Crippen molar-refractivity contribution in [2.75, 3.05) is 6.54 Å². The number of nitrogens with zero attached hydrogens (tertiary/aromatic N) is 2. The first kappa shape index (κ1) is 26.6. The minimum atomic E-state index is -0.764. The molecule has 7 nitrogen and oxygen atoms in total. The lowest BCUT2D eigenvalue weighted by molar-refractivity contribution is -0.385. The van der Waals surface area contributed by atoms with Crippen molar-refractivity contribution in [1.29, 1.82) is 0 Å². The Kier molecular flexibility index (Phi) is 9.74. The predicted molar refractivity (Wildman–Crippen MR) is 140 cm³/mol. The van der Waals surface area contributed by atoms with Crippen molar-refractivity contribution >= 4 is 17.5 Å². The summed E-state index contributed by atoms with van der Waals surface area (Å²) >= 11 is 0. The van der Waals surface area contributed by atoms with E-state index in [-0.39, 0.29) is 30.5 Å². The van der Waals surface area contributed by atoms with E-state index in [2.05, 4.69) is 5.32 Å². The van der Waals surface area contributed by atoms with Crippen LogP contribution in [0.2, 0.25) is 0 Å². The molecule has 0 saturated carbocycles. The van der Waals surface area contributed by atoms with Crippen LogP contribution in [0.3, 0.4) is 0 Å². The van der Waals surface area contributed by atoms with Gasteiger partial charge in [0.1, 0.15) is 6.04 Å². The minimum absolute atomic E-state index is 0.103. The highest BCUT2D eigenvalue weighted by Crippen LogP contribution is 2.22. The number of para-hydroxylation sites is 1. The van der Waals surface area contributed by atoms with Crippen LogP contribution in [0.4, 0.5) is 5.69 Å². The van der Waals surface area contributed by atoms with Crippen molar-refractivity contribution in [3.8, 4) is 0 Å². The maximum absolute atomic E-state index is 13.8. The Morgan fingerprint density at radius 1 is 0.972 bits per heavy atom. The van der Waals surface area contributed by atoms with Crippen LogP contribution in [0.15, 0.2) is 78.9 Å². The molecule has 0 bridgehead atoms. The standard InChI is InChI=1S/C29H33N3O4/c1-3-4-17-30-29(34)27(19-23-12-6-5-7-13-23)31(21-24-14-10-11-22(2)18-24)28(33)20-25-15-8-9-16-26(25)32(35)36/h5-16,18,27H,3-4,17,19-21H2,1-2H3,(H,30,34)/t27-/m1/s1. The molecule has 0 heterocycles. The van der Waals surface area contributed by atoms with E-state index in [1.54, 1.807) is 23.1 Å². The van der Waals surface area contributed by atoms with Gasteiger partial charge in [-0.05, 0) is 24.5 Å². The first-order chi connectivity index (χ1) is 17.4. The number of benzene rings is 3. The van der Waals surface area contributed by atoms with E-state index in [9.17, 15) is 19.7 Å². The number of carbonyl (C=O) groups excluding carboxylic acids is 2. The molecule has 0 spiro atoms. The number of unbranched alkanes of at least 4 members (excludes halogenated alkanes) is 1. The van der Waals surface area contributed by atoms with Gasteiger partial charge < -0.3 is 10.2 Å². The van der Waals surface area contributed by atoms with Crippen molar-refractivity contribution in [1.82, 2.24) is 10.2 Å². The summed E-state index contributed by atoms with van der Waals surface area (Å²) in [5.41, 5.74) is 3.09. The fourth-order valence-electron chi connectivity index (χ4n) is 4.17. The molecule has 0 aliphatic rings. The molecule has 0 aliphatic heterocycles. The van der Waals surface area contributed by atoms with Crippen molar-refractivity contribution in [2.24, 2.45) is 0 Å². The Morgan fingerprint density at radius 2 is 1.67 bits per heavy atom. The van der Waals surface area contributed by atoms with E-state index < -0.39 is 11.0 Å². The number of nitro groups is 1. The second-order valence-electron chi connectivity index (χ2n) is 8.92. The Bertz CT molecular complexity index is 1180. The molecule has 0 aliphatic carbocycles. The highest BCUT2D eigenvalue weighted by atomic mass is 16.6. The zero-order valence-electron chi connectivity index (χ0n) is 20.9. The van der Waals surface area contributed by atoms with Crippen LogP contribution in [0.5, 0.6) is 0 Å². The zero-order chi connectivity index (χ0) is 25.9. The monoisotopic (exact) mass is 487 g/mol.